The molecule has 0 radical (unpaired) electrons. The zero-order valence-electron chi connectivity index (χ0n) is 15.4. The van der Waals surface area contributed by atoms with Crippen molar-refractivity contribution in [3.63, 3.8) is 0 Å². The van der Waals surface area contributed by atoms with Crippen molar-refractivity contribution < 1.29 is 38.6 Å². The number of carbonyl (C=O) groups is 2. The van der Waals surface area contributed by atoms with Gasteiger partial charge in [-0.05, 0) is 30.7 Å². The van der Waals surface area contributed by atoms with E-state index < -0.39 is 18.6 Å². The lowest BCUT2D eigenvalue weighted by molar-refractivity contribution is -0.427. The van der Waals surface area contributed by atoms with Gasteiger partial charge in [0.05, 0.1) is 0 Å². The molecule has 0 saturated heterocycles. The van der Waals surface area contributed by atoms with Crippen LogP contribution in [0.15, 0.2) is 60.7 Å². The molecule has 0 aromatic heterocycles. The fourth-order valence-electron chi connectivity index (χ4n) is 2.06. The van der Waals surface area contributed by atoms with Crippen molar-refractivity contribution in [1.29, 1.82) is 0 Å². The van der Waals surface area contributed by atoms with Gasteiger partial charge >= 0.3 is 12.3 Å². The fraction of sp³-hybridized carbons (Fsp3) is 0.300. The molecule has 0 aliphatic rings. The Morgan fingerprint density at radius 2 is 1.21 bits per heavy atom. The van der Waals surface area contributed by atoms with Crippen LogP contribution >= 0.6 is 0 Å². The van der Waals surface area contributed by atoms with Crippen LogP contribution in [0.4, 0.5) is 9.59 Å². The monoisotopic (exact) mass is 390 g/mol. The molecular formula is C20H22O8. The minimum atomic E-state index is -1.13. The molecule has 0 spiro atoms. The van der Waals surface area contributed by atoms with Crippen molar-refractivity contribution in [2.75, 3.05) is 0 Å². The van der Waals surface area contributed by atoms with Gasteiger partial charge in [0.25, 0.3) is 0 Å². The van der Waals surface area contributed by atoms with E-state index in [1.54, 1.807) is 60.7 Å². The van der Waals surface area contributed by atoms with E-state index in [1.165, 1.54) is 0 Å². The third kappa shape index (κ3) is 8.52. The molecule has 2 aromatic carbocycles. The number of rotatable bonds is 10. The molecule has 0 aliphatic carbocycles. The third-order valence-electron chi connectivity index (χ3n) is 3.38. The van der Waals surface area contributed by atoms with Gasteiger partial charge in [-0.25, -0.2) is 9.59 Å². The summed E-state index contributed by atoms with van der Waals surface area (Å²) in [7, 11) is 0. The number of hydrogen-bond acceptors (Lipinski definition) is 8. The Hall–Kier alpha value is -3.10. The van der Waals surface area contributed by atoms with E-state index in [9.17, 15) is 9.59 Å². The van der Waals surface area contributed by atoms with E-state index in [0.29, 0.717) is 24.3 Å². The Morgan fingerprint density at radius 3 is 1.64 bits per heavy atom. The van der Waals surface area contributed by atoms with Crippen LogP contribution in [0.5, 0.6) is 11.5 Å². The summed E-state index contributed by atoms with van der Waals surface area (Å²) in [5, 5.41) is 0. The second-order valence-electron chi connectivity index (χ2n) is 5.61. The third-order valence-corrected chi connectivity index (χ3v) is 3.38. The molecule has 28 heavy (non-hydrogen) atoms. The summed E-state index contributed by atoms with van der Waals surface area (Å²) in [5.41, 5.74) is 0. The van der Waals surface area contributed by atoms with Crippen LogP contribution in [0, 0.1) is 0 Å². The molecule has 8 nitrogen and oxygen atoms in total. The summed E-state index contributed by atoms with van der Waals surface area (Å²) in [5.74, 6) is 0.587. The maximum Gasteiger partial charge on any atom is 0.546 e. The number of para-hydroxylation sites is 2. The first kappa shape index (κ1) is 21.2. The number of benzene rings is 2. The maximum atomic E-state index is 11.7. The van der Waals surface area contributed by atoms with E-state index in [1.807, 2.05) is 6.92 Å². The smallest absolute Gasteiger partial charge is 0.393 e. The van der Waals surface area contributed by atoms with E-state index >= 15 is 0 Å². The van der Waals surface area contributed by atoms with Gasteiger partial charge in [0.2, 0.25) is 6.29 Å². The number of hydrogen-bond donors (Lipinski definition) is 0. The normalized spacial score (nSPS) is 10.4. The maximum absolute atomic E-state index is 11.7. The highest BCUT2D eigenvalue weighted by molar-refractivity contribution is 5.63. The summed E-state index contributed by atoms with van der Waals surface area (Å²) in [6.45, 7) is 2.03. The Balaban J connectivity index is 1.77. The highest BCUT2D eigenvalue weighted by Gasteiger charge is 2.19. The topological polar surface area (TPSA) is 89.5 Å². The van der Waals surface area contributed by atoms with Crippen LogP contribution in [-0.4, -0.2) is 18.6 Å². The van der Waals surface area contributed by atoms with Crippen LogP contribution in [-0.2, 0) is 19.6 Å². The molecule has 0 heterocycles. The van der Waals surface area contributed by atoms with Crippen LogP contribution in [0.1, 0.15) is 32.6 Å². The van der Waals surface area contributed by atoms with Gasteiger partial charge in [-0.3, -0.25) is 9.78 Å². The van der Waals surface area contributed by atoms with Crippen molar-refractivity contribution in [3.8, 4) is 11.5 Å². The van der Waals surface area contributed by atoms with Crippen molar-refractivity contribution >= 4 is 12.3 Å². The van der Waals surface area contributed by atoms with Crippen molar-refractivity contribution in [2.45, 2.75) is 38.9 Å². The molecule has 0 saturated carbocycles. The zero-order valence-corrected chi connectivity index (χ0v) is 15.4. The summed E-state index contributed by atoms with van der Waals surface area (Å²) in [6, 6.07) is 16.7. The van der Waals surface area contributed by atoms with Crippen molar-refractivity contribution in [1.82, 2.24) is 0 Å². The van der Waals surface area contributed by atoms with Gasteiger partial charge in [-0.15, -0.1) is 9.78 Å². The number of carbonyl (C=O) groups excluding carboxylic acids is 2. The predicted octanol–water partition coefficient (Wildman–Crippen LogP) is 5.19. The van der Waals surface area contributed by atoms with Crippen LogP contribution in [0.25, 0.3) is 0 Å². The highest BCUT2D eigenvalue weighted by Crippen LogP contribution is 2.14. The average molecular weight is 390 g/mol. The van der Waals surface area contributed by atoms with Gasteiger partial charge in [0.15, 0.2) is 0 Å². The van der Waals surface area contributed by atoms with Crippen LogP contribution < -0.4 is 9.47 Å². The summed E-state index contributed by atoms with van der Waals surface area (Å²) in [6.07, 6.45) is -0.407. The molecule has 0 N–H and O–H groups in total. The average Bonchev–Trinajstić information content (AvgIpc) is 2.71. The van der Waals surface area contributed by atoms with Gasteiger partial charge in [-0.2, -0.15) is 0 Å². The molecule has 0 amide bonds. The van der Waals surface area contributed by atoms with Gasteiger partial charge < -0.3 is 9.47 Å². The molecule has 0 unspecified atom stereocenters. The quantitative estimate of drug-likeness (QED) is 0.137. The second kappa shape index (κ2) is 12.3. The Bertz CT molecular complexity index is 647. The first-order valence-corrected chi connectivity index (χ1v) is 8.87. The minimum Gasteiger partial charge on any atom is -0.393 e. The first-order chi connectivity index (χ1) is 13.7. The fourth-order valence-corrected chi connectivity index (χ4v) is 2.06. The second-order valence-corrected chi connectivity index (χ2v) is 5.61. The molecule has 8 heteroatoms. The van der Waals surface area contributed by atoms with Crippen LogP contribution in [0.2, 0.25) is 0 Å². The van der Waals surface area contributed by atoms with Crippen molar-refractivity contribution in [3.05, 3.63) is 60.7 Å². The SMILES string of the molecule is CCCCCC(OOC(=O)Oc1ccccc1)OOC(=O)Oc1ccccc1. The molecule has 0 atom stereocenters. The molecule has 150 valence electrons. The van der Waals surface area contributed by atoms with E-state index in [0.717, 1.165) is 12.8 Å². The van der Waals surface area contributed by atoms with E-state index in [2.05, 4.69) is 9.78 Å². The first-order valence-electron chi connectivity index (χ1n) is 8.87. The lowest BCUT2D eigenvalue weighted by Gasteiger charge is -2.14. The molecule has 2 rings (SSSR count). The Kier molecular flexibility index (Phi) is 9.33. The molecule has 0 bridgehead atoms. The minimum absolute atomic E-state index is 0.294. The molecule has 0 fully saturated rings. The molecule has 2 aromatic rings. The largest absolute Gasteiger partial charge is 0.546 e. The molecule has 0 aliphatic heterocycles. The zero-order chi connectivity index (χ0) is 20.0. The number of unbranched alkanes of at least 4 members (excludes halogenated alkanes) is 2. The lowest BCUT2D eigenvalue weighted by atomic mass is 10.2. The predicted molar refractivity (Wildman–Crippen MR) is 97.2 cm³/mol. The van der Waals surface area contributed by atoms with E-state index in [-0.39, 0.29) is 0 Å². The number of ether oxygens (including phenoxy) is 2. The van der Waals surface area contributed by atoms with E-state index in [4.69, 9.17) is 19.2 Å². The van der Waals surface area contributed by atoms with Crippen molar-refractivity contribution in [2.24, 2.45) is 0 Å². The highest BCUT2D eigenvalue weighted by atomic mass is 17.3. The molecular weight excluding hydrogens is 368 g/mol. The van der Waals surface area contributed by atoms with Gasteiger partial charge in [-0.1, -0.05) is 56.2 Å². The summed E-state index contributed by atoms with van der Waals surface area (Å²) >= 11 is 0. The summed E-state index contributed by atoms with van der Waals surface area (Å²) < 4.78 is 9.84. The Morgan fingerprint density at radius 1 is 0.750 bits per heavy atom. The van der Waals surface area contributed by atoms with Gasteiger partial charge in [0, 0.05) is 6.42 Å². The van der Waals surface area contributed by atoms with Crippen LogP contribution in [0.3, 0.4) is 0 Å². The standard InChI is InChI=1S/C20H22O8/c1-2-3-6-15-18(25-27-19(21)23-16-11-7-4-8-12-16)26-28-20(22)24-17-13-9-5-10-14-17/h4-5,7-14,18H,2-3,6,15H2,1H3. The Labute approximate surface area is 162 Å². The lowest BCUT2D eigenvalue weighted by Crippen LogP contribution is -2.24. The summed E-state index contributed by atoms with van der Waals surface area (Å²) in [4.78, 5) is 42.3. The van der Waals surface area contributed by atoms with Gasteiger partial charge in [0.1, 0.15) is 11.5 Å².